The van der Waals surface area contributed by atoms with Crippen LogP contribution in [0.5, 0.6) is 0 Å². The van der Waals surface area contributed by atoms with Crippen LogP contribution in [0.2, 0.25) is 0 Å². The summed E-state index contributed by atoms with van der Waals surface area (Å²) in [6.45, 7) is 4.68. The summed E-state index contributed by atoms with van der Waals surface area (Å²) in [4.78, 5) is 34.6. The molecule has 0 aliphatic carbocycles. The van der Waals surface area contributed by atoms with E-state index < -0.39 is 0 Å². The van der Waals surface area contributed by atoms with Crippen molar-refractivity contribution in [2.75, 3.05) is 37.8 Å². The van der Waals surface area contributed by atoms with Gasteiger partial charge in [-0.1, -0.05) is 0 Å². The van der Waals surface area contributed by atoms with E-state index in [9.17, 15) is 9.59 Å². The second-order valence-electron chi connectivity index (χ2n) is 7.88. The van der Waals surface area contributed by atoms with Crippen LogP contribution in [0.1, 0.15) is 53.7 Å². The number of nitrogens with one attached hydrogen (secondary N) is 1. The minimum atomic E-state index is -0.0844. The maximum Gasteiger partial charge on any atom is 0.321 e. The van der Waals surface area contributed by atoms with Gasteiger partial charge in [0.15, 0.2) is 11.6 Å². The van der Waals surface area contributed by atoms with Crippen molar-refractivity contribution in [3.8, 4) is 0 Å². The van der Waals surface area contributed by atoms with Crippen molar-refractivity contribution in [2.24, 2.45) is 0 Å². The van der Waals surface area contributed by atoms with Crippen LogP contribution in [0.3, 0.4) is 0 Å². The third kappa shape index (κ3) is 4.48. The number of rotatable bonds is 4. The molecule has 0 bridgehead atoms. The molecule has 160 valence electrons. The quantitative estimate of drug-likeness (QED) is 0.733. The summed E-state index contributed by atoms with van der Waals surface area (Å²) in [5.41, 5.74) is 1.24. The van der Waals surface area contributed by atoms with E-state index in [2.05, 4.69) is 10.3 Å². The molecule has 2 aromatic rings. The summed E-state index contributed by atoms with van der Waals surface area (Å²) in [5.74, 6) is 1.33. The fourth-order valence-electron chi connectivity index (χ4n) is 4.07. The molecule has 3 amide bonds. The fraction of sp³-hybridized carbons (Fsp3) is 0.500. The van der Waals surface area contributed by atoms with E-state index >= 15 is 0 Å². The Morgan fingerprint density at radius 1 is 1.07 bits per heavy atom. The molecule has 2 saturated heterocycles. The number of carbonyl (C=O) groups is 2. The van der Waals surface area contributed by atoms with Crippen LogP contribution in [0.4, 0.5) is 10.5 Å². The number of anilines is 1. The minimum absolute atomic E-state index is 0.0238. The van der Waals surface area contributed by atoms with Gasteiger partial charge in [-0.3, -0.25) is 4.79 Å². The maximum absolute atomic E-state index is 12.7. The van der Waals surface area contributed by atoms with Gasteiger partial charge in [0.05, 0.1) is 0 Å². The first-order valence-corrected chi connectivity index (χ1v) is 11.7. The molecular weight excluding hydrogens is 400 g/mol. The Bertz CT molecular complexity index is 898. The summed E-state index contributed by atoms with van der Waals surface area (Å²) >= 11 is 1.67. The molecule has 8 heteroatoms. The van der Waals surface area contributed by atoms with Gasteiger partial charge < -0.3 is 19.5 Å². The van der Waals surface area contributed by atoms with Crippen molar-refractivity contribution in [1.82, 2.24) is 14.8 Å². The number of nitrogens with zero attached hydrogens (tertiary/aromatic N) is 3. The summed E-state index contributed by atoms with van der Waals surface area (Å²) in [6.07, 6.45) is 5.68. The van der Waals surface area contributed by atoms with Crippen LogP contribution < -0.4 is 5.32 Å². The van der Waals surface area contributed by atoms with Gasteiger partial charge in [-0.2, -0.15) is 0 Å². The Labute approximate surface area is 181 Å². The molecule has 7 nitrogen and oxygen atoms in total. The summed E-state index contributed by atoms with van der Waals surface area (Å²) in [7, 11) is 0. The van der Waals surface area contributed by atoms with Gasteiger partial charge in [0, 0.05) is 42.7 Å². The molecule has 0 unspecified atom stereocenters. The number of urea groups is 1. The van der Waals surface area contributed by atoms with Gasteiger partial charge in [0.2, 0.25) is 0 Å². The van der Waals surface area contributed by atoms with Crippen molar-refractivity contribution < 1.29 is 14.0 Å². The molecule has 1 N–H and O–H groups in total. The average Bonchev–Trinajstić information content (AvgIpc) is 3.44. The molecule has 0 spiro atoms. The maximum atomic E-state index is 12.7. The highest BCUT2D eigenvalue weighted by molar-refractivity contribution is 7.98. The molecule has 3 heterocycles. The van der Waals surface area contributed by atoms with Crippen molar-refractivity contribution in [3.63, 3.8) is 0 Å². The number of oxazole rings is 1. The Morgan fingerprint density at radius 3 is 2.37 bits per heavy atom. The molecule has 2 aliphatic rings. The molecule has 30 heavy (non-hydrogen) atoms. The van der Waals surface area contributed by atoms with Gasteiger partial charge in [0.1, 0.15) is 5.76 Å². The highest BCUT2D eigenvalue weighted by Gasteiger charge is 2.30. The van der Waals surface area contributed by atoms with Crippen molar-refractivity contribution in [2.45, 2.75) is 43.4 Å². The normalized spacial score (nSPS) is 17.4. The lowest BCUT2D eigenvalue weighted by Crippen LogP contribution is -2.40. The van der Waals surface area contributed by atoms with Crippen LogP contribution in [0, 0.1) is 6.92 Å². The second kappa shape index (κ2) is 9.12. The number of aryl methyl sites for hydroxylation is 1. The monoisotopic (exact) mass is 428 g/mol. The minimum Gasteiger partial charge on any atom is -0.445 e. The highest BCUT2D eigenvalue weighted by Crippen LogP contribution is 2.30. The number of hydrogen-bond donors (Lipinski definition) is 1. The van der Waals surface area contributed by atoms with Crippen molar-refractivity contribution in [3.05, 3.63) is 41.6 Å². The second-order valence-corrected chi connectivity index (χ2v) is 8.76. The van der Waals surface area contributed by atoms with E-state index in [0.717, 1.165) is 49.4 Å². The van der Waals surface area contributed by atoms with Gasteiger partial charge in [-0.25, -0.2) is 9.78 Å². The lowest BCUT2D eigenvalue weighted by atomic mass is 9.97. The van der Waals surface area contributed by atoms with E-state index in [1.807, 2.05) is 47.2 Å². The van der Waals surface area contributed by atoms with E-state index in [4.69, 9.17) is 4.42 Å². The first kappa shape index (κ1) is 20.8. The number of likely N-dealkylation sites (tertiary alicyclic amines) is 2. The zero-order chi connectivity index (χ0) is 21.1. The molecule has 4 rings (SSSR count). The Balaban J connectivity index is 1.33. The topological polar surface area (TPSA) is 78.7 Å². The molecule has 1 aromatic carbocycles. The first-order chi connectivity index (χ1) is 14.5. The number of thioether (sulfide) groups is 1. The van der Waals surface area contributed by atoms with Crippen LogP contribution >= 0.6 is 11.8 Å². The summed E-state index contributed by atoms with van der Waals surface area (Å²) < 4.78 is 5.87. The standard InChI is InChI=1S/C22H28N4O3S/c1-15-19(21(27)25-11-3-4-12-25)24-20(29-15)16-9-13-26(14-10-16)22(28)23-17-5-7-18(30-2)8-6-17/h5-8,16H,3-4,9-14H2,1-2H3,(H,23,28). The molecule has 1 aromatic heterocycles. The largest absolute Gasteiger partial charge is 0.445 e. The van der Waals surface area contributed by atoms with Crippen LogP contribution in [0.25, 0.3) is 0 Å². The number of carbonyl (C=O) groups excluding carboxylic acids is 2. The predicted molar refractivity (Wildman–Crippen MR) is 117 cm³/mol. The third-order valence-electron chi connectivity index (χ3n) is 5.88. The average molecular weight is 429 g/mol. The van der Waals surface area contributed by atoms with E-state index in [0.29, 0.717) is 30.4 Å². The smallest absolute Gasteiger partial charge is 0.321 e. The van der Waals surface area contributed by atoms with Crippen LogP contribution in [0.15, 0.2) is 33.6 Å². The van der Waals surface area contributed by atoms with Gasteiger partial charge in [0.25, 0.3) is 5.91 Å². The Hall–Kier alpha value is -2.48. The summed E-state index contributed by atoms with van der Waals surface area (Å²) in [6, 6.07) is 7.76. The van der Waals surface area contributed by atoms with E-state index in [1.165, 1.54) is 0 Å². The molecule has 2 fully saturated rings. The molecule has 0 radical (unpaired) electrons. The van der Waals surface area contributed by atoms with Gasteiger partial charge >= 0.3 is 6.03 Å². The van der Waals surface area contributed by atoms with E-state index in [-0.39, 0.29) is 17.9 Å². The highest BCUT2D eigenvalue weighted by atomic mass is 32.2. The summed E-state index contributed by atoms with van der Waals surface area (Å²) in [5, 5.41) is 2.97. The SMILES string of the molecule is CSc1ccc(NC(=O)N2CCC(c3nc(C(=O)N4CCCC4)c(C)o3)CC2)cc1. The lowest BCUT2D eigenvalue weighted by Gasteiger charge is -2.30. The predicted octanol–water partition coefficient (Wildman–Crippen LogP) is 4.35. The molecule has 0 saturated carbocycles. The Morgan fingerprint density at radius 2 is 1.73 bits per heavy atom. The number of piperidine rings is 1. The number of benzene rings is 1. The van der Waals surface area contributed by atoms with Crippen LogP contribution in [-0.4, -0.2) is 59.2 Å². The van der Waals surface area contributed by atoms with Crippen molar-refractivity contribution in [1.29, 1.82) is 0 Å². The lowest BCUT2D eigenvalue weighted by molar-refractivity contribution is 0.0786. The van der Waals surface area contributed by atoms with Gasteiger partial charge in [-0.15, -0.1) is 11.8 Å². The number of hydrogen-bond acceptors (Lipinski definition) is 5. The third-order valence-corrected chi connectivity index (χ3v) is 6.63. The van der Waals surface area contributed by atoms with E-state index in [1.54, 1.807) is 11.8 Å². The molecule has 2 aliphatic heterocycles. The Kier molecular flexibility index (Phi) is 6.32. The number of amides is 3. The zero-order valence-corrected chi connectivity index (χ0v) is 18.3. The fourth-order valence-corrected chi connectivity index (χ4v) is 4.47. The molecule has 0 atom stereocenters. The van der Waals surface area contributed by atoms with Gasteiger partial charge in [-0.05, 0) is 63.1 Å². The number of aromatic nitrogens is 1. The van der Waals surface area contributed by atoms with Crippen LogP contribution in [-0.2, 0) is 0 Å². The first-order valence-electron chi connectivity index (χ1n) is 10.5. The molecular formula is C22H28N4O3S. The van der Waals surface area contributed by atoms with Crippen molar-refractivity contribution >= 4 is 29.4 Å². The zero-order valence-electron chi connectivity index (χ0n) is 17.5.